The Balaban J connectivity index is 1.43. The third kappa shape index (κ3) is 3.42. The van der Waals surface area contributed by atoms with Gasteiger partial charge in [0.2, 0.25) is 0 Å². The van der Waals surface area contributed by atoms with Crippen LogP contribution in [0.5, 0.6) is 0 Å². The molecular formula is C20H17N3O2S. The number of fused-ring (bicyclic) bond motifs is 1. The number of carbonyl (C=O) groups is 1. The summed E-state index contributed by atoms with van der Waals surface area (Å²) in [7, 11) is -1.23. The molecule has 1 N–H and O–H groups in total. The number of nitrogens with zero attached hydrogens (tertiary/aromatic N) is 2. The van der Waals surface area contributed by atoms with Gasteiger partial charge in [-0.2, -0.15) is 0 Å². The van der Waals surface area contributed by atoms with E-state index in [9.17, 15) is 9.00 Å². The fourth-order valence-corrected chi connectivity index (χ4v) is 4.09. The van der Waals surface area contributed by atoms with Gasteiger partial charge in [0, 0.05) is 25.0 Å². The number of pyridine rings is 1. The zero-order valence-corrected chi connectivity index (χ0v) is 14.8. The summed E-state index contributed by atoms with van der Waals surface area (Å²) in [6, 6.07) is 20.4. The van der Waals surface area contributed by atoms with E-state index in [0.717, 1.165) is 0 Å². The molecule has 0 saturated heterocycles. The van der Waals surface area contributed by atoms with Crippen LogP contribution in [0.25, 0.3) is 0 Å². The van der Waals surface area contributed by atoms with Crippen molar-refractivity contribution in [2.75, 3.05) is 5.32 Å². The Morgan fingerprint density at radius 1 is 0.923 bits per heavy atom. The van der Waals surface area contributed by atoms with Gasteiger partial charge in [-0.25, -0.2) is 8.51 Å². The fraction of sp³-hybridized carbons (Fsp3) is 0.100. The highest BCUT2D eigenvalue weighted by Gasteiger charge is 2.23. The minimum atomic E-state index is -1.23. The van der Waals surface area contributed by atoms with E-state index in [1.165, 1.54) is 11.1 Å². The van der Waals surface area contributed by atoms with Crippen LogP contribution in [0.2, 0.25) is 0 Å². The molecule has 1 unspecified atom stereocenters. The van der Waals surface area contributed by atoms with Crippen molar-refractivity contribution >= 4 is 22.6 Å². The highest BCUT2D eigenvalue weighted by molar-refractivity contribution is 7.82. The van der Waals surface area contributed by atoms with Gasteiger partial charge in [0.1, 0.15) is 16.7 Å². The second kappa shape index (κ2) is 7.19. The van der Waals surface area contributed by atoms with Crippen molar-refractivity contribution in [3.63, 3.8) is 0 Å². The van der Waals surface area contributed by atoms with Crippen molar-refractivity contribution < 1.29 is 9.00 Å². The molecule has 6 heteroatoms. The molecule has 1 amide bonds. The van der Waals surface area contributed by atoms with E-state index >= 15 is 0 Å². The van der Waals surface area contributed by atoms with E-state index < -0.39 is 11.0 Å². The normalized spacial score (nSPS) is 14.6. The van der Waals surface area contributed by atoms with Gasteiger partial charge < -0.3 is 5.32 Å². The number of hydrogen-bond donors (Lipinski definition) is 1. The van der Waals surface area contributed by atoms with E-state index in [1.54, 1.807) is 48.7 Å². The number of aromatic nitrogens is 1. The van der Waals surface area contributed by atoms with Crippen molar-refractivity contribution in [1.29, 1.82) is 0 Å². The molecule has 1 aliphatic heterocycles. The molecule has 0 radical (unpaired) electrons. The summed E-state index contributed by atoms with van der Waals surface area (Å²) < 4.78 is 14.7. The second-order valence-electron chi connectivity index (χ2n) is 6.01. The summed E-state index contributed by atoms with van der Waals surface area (Å²) in [6.07, 6.45) is 1.58. The lowest BCUT2D eigenvalue weighted by Gasteiger charge is -2.14. The monoisotopic (exact) mass is 363 g/mol. The van der Waals surface area contributed by atoms with Gasteiger partial charge in [0.05, 0.1) is 4.90 Å². The Kier molecular flexibility index (Phi) is 4.60. The Morgan fingerprint density at radius 3 is 2.19 bits per heavy atom. The topological polar surface area (TPSA) is 62.3 Å². The van der Waals surface area contributed by atoms with Crippen LogP contribution >= 0.6 is 0 Å². The van der Waals surface area contributed by atoms with Crippen LogP contribution in [0, 0.1) is 0 Å². The Labute approximate surface area is 154 Å². The number of benzene rings is 2. The molecule has 1 aliphatic rings. The lowest BCUT2D eigenvalue weighted by atomic mass is 10.1. The first kappa shape index (κ1) is 16.6. The van der Waals surface area contributed by atoms with E-state index in [2.05, 4.69) is 22.4 Å². The summed E-state index contributed by atoms with van der Waals surface area (Å²) in [5.74, 6) is -0.269. The van der Waals surface area contributed by atoms with Gasteiger partial charge in [-0.05, 0) is 47.5 Å². The predicted molar refractivity (Wildman–Crippen MR) is 101 cm³/mol. The predicted octanol–water partition coefficient (Wildman–Crippen LogP) is 3.37. The van der Waals surface area contributed by atoms with Crippen LogP contribution in [0.15, 0.2) is 77.8 Å². The van der Waals surface area contributed by atoms with E-state index in [1.807, 2.05) is 16.4 Å². The van der Waals surface area contributed by atoms with Gasteiger partial charge in [0.25, 0.3) is 5.91 Å². The lowest BCUT2D eigenvalue weighted by molar-refractivity contribution is 0.102. The minimum absolute atomic E-state index is 0.269. The van der Waals surface area contributed by atoms with Crippen LogP contribution in [-0.4, -0.2) is 19.4 Å². The molecule has 0 bridgehead atoms. The van der Waals surface area contributed by atoms with Crippen molar-refractivity contribution in [3.05, 3.63) is 89.7 Å². The average molecular weight is 363 g/mol. The van der Waals surface area contributed by atoms with E-state index in [0.29, 0.717) is 29.4 Å². The average Bonchev–Trinajstić information content (AvgIpc) is 3.13. The van der Waals surface area contributed by atoms with Crippen LogP contribution in [0.1, 0.15) is 21.6 Å². The highest BCUT2D eigenvalue weighted by Crippen LogP contribution is 2.26. The van der Waals surface area contributed by atoms with Crippen molar-refractivity contribution in [1.82, 2.24) is 9.29 Å². The van der Waals surface area contributed by atoms with Crippen molar-refractivity contribution in [2.24, 2.45) is 0 Å². The maximum Gasteiger partial charge on any atom is 0.274 e. The van der Waals surface area contributed by atoms with Crippen LogP contribution in [0.4, 0.5) is 5.69 Å². The zero-order chi connectivity index (χ0) is 17.9. The smallest absolute Gasteiger partial charge is 0.274 e. The van der Waals surface area contributed by atoms with E-state index in [-0.39, 0.29) is 5.91 Å². The maximum absolute atomic E-state index is 12.8. The Bertz CT molecular complexity index is 933. The zero-order valence-electron chi connectivity index (χ0n) is 14.0. The summed E-state index contributed by atoms with van der Waals surface area (Å²) in [6.45, 7) is 1.36. The standard InChI is InChI=1S/C20H17N3O2S/c24-20(19-7-3-4-12-21-19)22-17-8-10-18(11-9-17)26(25)23-13-15-5-1-2-6-16(15)14-23/h1-12H,13-14H2,(H,22,24). The number of hydrogen-bond acceptors (Lipinski definition) is 3. The second-order valence-corrected chi connectivity index (χ2v) is 7.50. The molecule has 1 aromatic heterocycles. The Morgan fingerprint density at radius 2 is 1.58 bits per heavy atom. The molecule has 3 aromatic rings. The van der Waals surface area contributed by atoms with Gasteiger partial charge in [-0.15, -0.1) is 0 Å². The largest absolute Gasteiger partial charge is 0.321 e. The number of carbonyl (C=O) groups excluding carboxylic acids is 1. The molecule has 5 nitrogen and oxygen atoms in total. The Hall–Kier alpha value is -2.83. The summed E-state index contributed by atoms with van der Waals surface area (Å²) in [5.41, 5.74) is 3.45. The van der Waals surface area contributed by atoms with Gasteiger partial charge in [-0.1, -0.05) is 30.3 Å². The fourth-order valence-electron chi connectivity index (χ4n) is 2.92. The van der Waals surface area contributed by atoms with Crippen LogP contribution in [-0.2, 0) is 24.1 Å². The molecule has 2 aromatic carbocycles. The summed E-state index contributed by atoms with van der Waals surface area (Å²) in [5, 5.41) is 2.79. The molecule has 2 heterocycles. The number of nitrogens with one attached hydrogen (secondary N) is 1. The van der Waals surface area contributed by atoms with Crippen molar-refractivity contribution in [3.8, 4) is 0 Å². The molecule has 0 spiro atoms. The highest BCUT2D eigenvalue weighted by atomic mass is 32.2. The maximum atomic E-state index is 12.8. The molecule has 0 saturated carbocycles. The van der Waals surface area contributed by atoms with Crippen molar-refractivity contribution in [2.45, 2.75) is 18.0 Å². The third-order valence-electron chi connectivity index (χ3n) is 4.26. The van der Waals surface area contributed by atoms with Crippen LogP contribution in [0.3, 0.4) is 0 Å². The van der Waals surface area contributed by atoms with E-state index in [4.69, 9.17) is 0 Å². The molecule has 0 aliphatic carbocycles. The number of amides is 1. The van der Waals surface area contributed by atoms with Gasteiger partial charge in [-0.3, -0.25) is 9.78 Å². The molecular weight excluding hydrogens is 346 g/mol. The number of rotatable bonds is 4. The molecule has 4 rings (SSSR count). The summed E-state index contributed by atoms with van der Waals surface area (Å²) >= 11 is 0. The van der Waals surface area contributed by atoms with Gasteiger partial charge >= 0.3 is 0 Å². The number of anilines is 1. The first-order chi connectivity index (χ1) is 12.7. The molecule has 0 fully saturated rings. The third-order valence-corrected chi connectivity index (χ3v) is 5.66. The quantitative estimate of drug-likeness (QED) is 0.773. The SMILES string of the molecule is O=C(Nc1ccc(S(=O)N2Cc3ccccc3C2)cc1)c1ccccn1. The summed E-state index contributed by atoms with van der Waals surface area (Å²) in [4.78, 5) is 16.9. The minimum Gasteiger partial charge on any atom is -0.321 e. The first-order valence-electron chi connectivity index (χ1n) is 8.27. The molecule has 1 atom stereocenters. The van der Waals surface area contributed by atoms with Crippen LogP contribution < -0.4 is 5.32 Å². The van der Waals surface area contributed by atoms with Gasteiger partial charge in [0.15, 0.2) is 0 Å². The molecule has 26 heavy (non-hydrogen) atoms. The first-order valence-corrected chi connectivity index (χ1v) is 9.37. The molecule has 130 valence electrons. The lowest BCUT2D eigenvalue weighted by Crippen LogP contribution is -2.19.